The Morgan fingerprint density at radius 3 is 2.65 bits per heavy atom. The van der Waals surface area contributed by atoms with Gasteiger partial charge in [0.05, 0.1) is 25.3 Å². The maximum atomic E-state index is 12.5. The van der Waals surface area contributed by atoms with Gasteiger partial charge in [-0.2, -0.15) is 0 Å². The van der Waals surface area contributed by atoms with Gasteiger partial charge in [0, 0.05) is 11.6 Å². The summed E-state index contributed by atoms with van der Waals surface area (Å²) in [5.41, 5.74) is 0.531. The van der Waals surface area contributed by atoms with Crippen LogP contribution >= 0.6 is 0 Å². The summed E-state index contributed by atoms with van der Waals surface area (Å²) in [5.74, 6) is -1.05. The van der Waals surface area contributed by atoms with Gasteiger partial charge in [-0.05, 0) is 25.3 Å². The Morgan fingerprint density at radius 2 is 1.91 bits per heavy atom. The summed E-state index contributed by atoms with van der Waals surface area (Å²) in [4.78, 5) is 28.7. The van der Waals surface area contributed by atoms with Crippen molar-refractivity contribution in [2.24, 2.45) is 0 Å². The fourth-order valence-corrected chi connectivity index (χ4v) is 2.17. The van der Waals surface area contributed by atoms with Gasteiger partial charge in [-0.15, -0.1) is 0 Å². The summed E-state index contributed by atoms with van der Waals surface area (Å²) >= 11 is 0. The van der Waals surface area contributed by atoms with E-state index in [-0.39, 0.29) is 24.4 Å². The average Bonchev–Trinajstić information content (AvgIpc) is 2.56. The SMILES string of the molecule is CCOC=C(C(=O)Cc1nccc2ccccc12)C(=O)OCC. The summed E-state index contributed by atoms with van der Waals surface area (Å²) in [6, 6.07) is 9.55. The van der Waals surface area contributed by atoms with Crippen molar-refractivity contribution in [1.82, 2.24) is 4.98 Å². The summed E-state index contributed by atoms with van der Waals surface area (Å²) < 4.78 is 10.0. The molecule has 23 heavy (non-hydrogen) atoms. The van der Waals surface area contributed by atoms with Crippen molar-refractivity contribution in [2.45, 2.75) is 20.3 Å². The number of rotatable bonds is 7. The first-order valence-electron chi connectivity index (χ1n) is 7.52. The monoisotopic (exact) mass is 313 g/mol. The highest BCUT2D eigenvalue weighted by Crippen LogP contribution is 2.18. The first-order chi connectivity index (χ1) is 11.2. The van der Waals surface area contributed by atoms with E-state index in [0.717, 1.165) is 10.8 Å². The number of Topliss-reactive ketones (excluding diaryl/α,β-unsaturated/α-hetero) is 1. The Bertz CT molecular complexity index is 731. The second-order valence-corrected chi connectivity index (χ2v) is 4.79. The summed E-state index contributed by atoms with van der Waals surface area (Å²) in [7, 11) is 0. The second kappa shape index (κ2) is 8.08. The largest absolute Gasteiger partial charge is 0.500 e. The minimum absolute atomic E-state index is 0.0130. The molecule has 0 saturated heterocycles. The summed E-state index contributed by atoms with van der Waals surface area (Å²) in [6.07, 6.45) is 2.84. The number of aromatic nitrogens is 1. The van der Waals surface area contributed by atoms with E-state index in [1.54, 1.807) is 20.0 Å². The zero-order valence-electron chi connectivity index (χ0n) is 13.2. The molecule has 0 spiro atoms. The smallest absolute Gasteiger partial charge is 0.344 e. The first-order valence-corrected chi connectivity index (χ1v) is 7.52. The molecule has 120 valence electrons. The highest BCUT2D eigenvalue weighted by molar-refractivity contribution is 6.18. The van der Waals surface area contributed by atoms with E-state index in [2.05, 4.69) is 4.98 Å². The lowest BCUT2D eigenvalue weighted by atomic mass is 10.0. The Kier molecular flexibility index (Phi) is 5.86. The maximum Gasteiger partial charge on any atom is 0.344 e. The standard InChI is InChI=1S/C18H19NO4/c1-3-22-12-15(18(21)23-4-2)17(20)11-16-14-8-6-5-7-13(14)9-10-19-16/h5-10,12H,3-4,11H2,1-2H3. The number of pyridine rings is 1. The van der Waals surface area contributed by atoms with Crippen molar-refractivity contribution in [3.05, 3.63) is 54.1 Å². The topological polar surface area (TPSA) is 65.5 Å². The molecule has 2 rings (SSSR count). The Labute approximate surface area is 134 Å². The van der Waals surface area contributed by atoms with E-state index >= 15 is 0 Å². The molecule has 0 aliphatic carbocycles. The zero-order valence-corrected chi connectivity index (χ0v) is 13.2. The third-order valence-corrected chi connectivity index (χ3v) is 3.25. The quantitative estimate of drug-likeness (QED) is 0.258. The molecule has 0 bridgehead atoms. The van der Waals surface area contributed by atoms with Crippen LogP contribution in [0, 0.1) is 0 Å². The van der Waals surface area contributed by atoms with E-state index in [9.17, 15) is 9.59 Å². The van der Waals surface area contributed by atoms with Crippen LogP contribution in [0.2, 0.25) is 0 Å². The molecule has 0 fully saturated rings. The average molecular weight is 313 g/mol. The van der Waals surface area contributed by atoms with Crippen LogP contribution in [-0.2, 0) is 25.5 Å². The van der Waals surface area contributed by atoms with Gasteiger partial charge in [0.2, 0.25) is 0 Å². The van der Waals surface area contributed by atoms with Crippen molar-refractivity contribution in [1.29, 1.82) is 0 Å². The zero-order chi connectivity index (χ0) is 16.7. The molecule has 1 aromatic carbocycles. The molecule has 0 aliphatic heterocycles. The fourth-order valence-electron chi connectivity index (χ4n) is 2.17. The molecule has 5 nitrogen and oxygen atoms in total. The lowest BCUT2D eigenvalue weighted by Crippen LogP contribution is -2.18. The molecule has 2 aromatic rings. The molecule has 0 atom stereocenters. The van der Waals surface area contributed by atoms with Gasteiger partial charge in [0.25, 0.3) is 0 Å². The number of fused-ring (bicyclic) bond motifs is 1. The third kappa shape index (κ3) is 4.16. The molecule has 0 unspecified atom stereocenters. The van der Waals surface area contributed by atoms with Crippen molar-refractivity contribution in [3.63, 3.8) is 0 Å². The number of esters is 1. The number of carbonyl (C=O) groups is 2. The van der Waals surface area contributed by atoms with Crippen molar-refractivity contribution in [3.8, 4) is 0 Å². The van der Waals surface area contributed by atoms with Crippen LogP contribution in [0.15, 0.2) is 48.4 Å². The third-order valence-electron chi connectivity index (χ3n) is 3.25. The molecule has 1 heterocycles. The molecule has 0 saturated carbocycles. The number of hydrogen-bond acceptors (Lipinski definition) is 5. The van der Waals surface area contributed by atoms with Crippen LogP contribution < -0.4 is 0 Å². The highest BCUT2D eigenvalue weighted by Gasteiger charge is 2.21. The van der Waals surface area contributed by atoms with Crippen LogP contribution in [0.4, 0.5) is 0 Å². The summed E-state index contributed by atoms with van der Waals surface area (Å²) in [5, 5.41) is 1.89. The molecule has 0 radical (unpaired) electrons. The number of ether oxygens (including phenoxy) is 2. The van der Waals surface area contributed by atoms with Crippen molar-refractivity contribution in [2.75, 3.05) is 13.2 Å². The number of ketones is 1. The van der Waals surface area contributed by atoms with Crippen LogP contribution in [0.1, 0.15) is 19.5 Å². The molecular formula is C18H19NO4. The van der Waals surface area contributed by atoms with Crippen LogP contribution in [0.3, 0.4) is 0 Å². The second-order valence-electron chi connectivity index (χ2n) is 4.79. The van der Waals surface area contributed by atoms with Gasteiger partial charge >= 0.3 is 5.97 Å². The molecule has 0 N–H and O–H groups in total. The van der Waals surface area contributed by atoms with Crippen molar-refractivity contribution < 1.29 is 19.1 Å². The Hall–Kier alpha value is -2.69. The fraction of sp³-hybridized carbons (Fsp3) is 0.278. The van der Waals surface area contributed by atoms with Gasteiger partial charge in [0.1, 0.15) is 11.8 Å². The lowest BCUT2D eigenvalue weighted by Gasteiger charge is -2.08. The predicted octanol–water partition coefficient (Wildman–Crippen LogP) is 2.83. The van der Waals surface area contributed by atoms with Gasteiger partial charge in [-0.1, -0.05) is 24.3 Å². The van der Waals surface area contributed by atoms with E-state index in [1.807, 2.05) is 30.3 Å². The van der Waals surface area contributed by atoms with E-state index in [4.69, 9.17) is 9.47 Å². The summed E-state index contributed by atoms with van der Waals surface area (Å²) in [6.45, 7) is 4.02. The number of nitrogens with zero attached hydrogens (tertiary/aromatic N) is 1. The van der Waals surface area contributed by atoms with Crippen LogP contribution in [-0.4, -0.2) is 30.0 Å². The molecule has 1 aromatic heterocycles. The van der Waals surface area contributed by atoms with Gasteiger partial charge in [-0.25, -0.2) is 4.79 Å². The molecular weight excluding hydrogens is 294 g/mol. The van der Waals surface area contributed by atoms with Gasteiger partial charge < -0.3 is 9.47 Å². The Morgan fingerprint density at radius 1 is 1.13 bits per heavy atom. The highest BCUT2D eigenvalue weighted by atomic mass is 16.5. The normalized spacial score (nSPS) is 11.3. The molecule has 0 amide bonds. The van der Waals surface area contributed by atoms with Gasteiger partial charge in [-0.3, -0.25) is 9.78 Å². The maximum absolute atomic E-state index is 12.5. The number of carbonyl (C=O) groups excluding carboxylic acids is 2. The Balaban J connectivity index is 2.28. The number of benzene rings is 1. The number of hydrogen-bond donors (Lipinski definition) is 0. The van der Waals surface area contributed by atoms with E-state index in [1.165, 1.54) is 6.26 Å². The lowest BCUT2D eigenvalue weighted by molar-refractivity contribution is -0.140. The van der Waals surface area contributed by atoms with Crippen LogP contribution in [0.25, 0.3) is 10.8 Å². The van der Waals surface area contributed by atoms with Gasteiger partial charge in [0.15, 0.2) is 5.78 Å². The van der Waals surface area contributed by atoms with Crippen molar-refractivity contribution >= 4 is 22.5 Å². The minimum atomic E-state index is -0.675. The predicted molar refractivity (Wildman–Crippen MR) is 86.8 cm³/mol. The minimum Gasteiger partial charge on any atom is -0.500 e. The molecule has 5 heteroatoms. The van der Waals surface area contributed by atoms with Crippen LogP contribution in [0.5, 0.6) is 0 Å². The van der Waals surface area contributed by atoms with E-state index < -0.39 is 5.97 Å². The first kappa shape index (κ1) is 16.7. The van der Waals surface area contributed by atoms with E-state index in [0.29, 0.717) is 12.3 Å². The molecule has 0 aliphatic rings.